The number of nitrogens with zero attached hydrogens (tertiary/aromatic N) is 1. The molecule has 1 saturated heterocycles. The van der Waals surface area contributed by atoms with Crippen molar-refractivity contribution in [2.45, 2.75) is 49.3 Å². The second kappa shape index (κ2) is 7.77. The lowest BCUT2D eigenvalue weighted by molar-refractivity contribution is -0.160. The zero-order valence-electron chi connectivity index (χ0n) is 14.5. The SMILES string of the molecule is C=C(Sc1ccccc1)[C@H]1ON(Cc2ccccc2)[C@@H]2CCCC[C@H]12. The molecular weight excluding hydrogens is 326 g/mol. The lowest BCUT2D eigenvalue weighted by atomic mass is 9.81. The van der Waals surface area contributed by atoms with Crippen LogP contribution in [0.15, 0.2) is 77.0 Å². The summed E-state index contributed by atoms with van der Waals surface area (Å²) in [5.41, 5.74) is 1.31. The van der Waals surface area contributed by atoms with Crippen LogP contribution in [0.1, 0.15) is 31.2 Å². The maximum absolute atomic E-state index is 6.46. The molecule has 3 atom stereocenters. The molecule has 0 N–H and O–H groups in total. The van der Waals surface area contributed by atoms with Gasteiger partial charge in [0.05, 0.1) is 0 Å². The first kappa shape index (κ1) is 16.9. The van der Waals surface area contributed by atoms with Crippen molar-refractivity contribution in [1.82, 2.24) is 5.06 Å². The van der Waals surface area contributed by atoms with Crippen LogP contribution in [-0.4, -0.2) is 17.2 Å². The Morgan fingerprint density at radius 2 is 1.68 bits per heavy atom. The molecule has 4 rings (SSSR count). The number of rotatable bonds is 5. The molecule has 2 aromatic rings. The van der Waals surface area contributed by atoms with Crippen molar-refractivity contribution in [2.24, 2.45) is 5.92 Å². The van der Waals surface area contributed by atoms with E-state index in [4.69, 9.17) is 4.84 Å². The Hall–Kier alpha value is -1.55. The molecule has 0 unspecified atom stereocenters. The minimum absolute atomic E-state index is 0.124. The van der Waals surface area contributed by atoms with Gasteiger partial charge in [-0.25, -0.2) is 0 Å². The maximum atomic E-state index is 6.46. The van der Waals surface area contributed by atoms with Crippen LogP contribution >= 0.6 is 11.8 Å². The van der Waals surface area contributed by atoms with E-state index in [0.29, 0.717) is 12.0 Å². The predicted octanol–water partition coefficient (Wildman–Crippen LogP) is 5.67. The molecule has 2 aliphatic rings. The minimum atomic E-state index is 0.124. The van der Waals surface area contributed by atoms with E-state index in [1.807, 2.05) is 0 Å². The fraction of sp³-hybridized carbons (Fsp3) is 0.364. The average molecular weight is 352 g/mol. The van der Waals surface area contributed by atoms with Crippen LogP contribution in [0.5, 0.6) is 0 Å². The summed E-state index contributed by atoms with van der Waals surface area (Å²) in [6, 6.07) is 21.7. The first-order valence-corrected chi connectivity index (χ1v) is 10.0. The third kappa shape index (κ3) is 3.84. The second-order valence-electron chi connectivity index (χ2n) is 6.98. The van der Waals surface area contributed by atoms with E-state index in [-0.39, 0.29) is 6.10 Å². The van der Waals surface area contributed by atoms with Gasteiger partial charge in [-0.15, -0.1) is 0 Å². The molecule has 0 bridgehead atoms. The van der Waals surface area contributed by atoms with Gasteiger partial charge in [-0.2, -0.15) is 5.06 Å². The first-order valence-electron chi connectivity index (χ1n) is 9.20. The zero-order valence-corrected chi connectivity index (χ0v) is 15.3. The van der Waals surface area contributed by atoms with Crippen LogP contribution in [-0.2, 0) is 11.4 Å². The van der Waals surface area contributed by atoms with Crippen LogP contribution in [0.2, 0.25) is 0 Å². The molecule has 2 nitrogen and oxygen atoms in total. The molecule has 0 aromatic heterocycles. The van der Waals surface area contributed by atoms with Crippen LogP contribution in [0.25, 0.3) is 0 Å². The van der Waals surface area contributed by atoms with Gasteiger partial charge in [-0.3, -0.25) is 4.84 Å². The zero-order chi connectivity index (χ0) is 17.1. The fourth-order valence-corrected chi connectivity index (χ4v) is 5.00. The van der Waals surface area contributed by atoms with E-state index in [1.165, 1.54) is 36.1 Å². The van der Waals surface area contributed by atoms with E-state index >= 15 is 0 Å². The summed E-state index contributed by atoms with van der Waals surface area (Å²) in [4.78, 5) is 8.84. The average Bonchev–Trinajstić information content (AvgIpc) is 3.02. The van der Waals surface area contributed by atoms with E-state index < -0.39 is 0 Å². The largest absolute Gasteiger partial charge is 0.289 e. The molecule has 130 valence electrons. The number of benzene rings is 2. The van der Waals surface area contributed by atoms with E-state index in [9.17, 15) is 0 Å². The Morgan fingerprint density at radius 3 is 2.44 bits per heavy atom. The number of hydroxylamine groups is 2. The highest BCUT2D eigenvalue weighted by Crippen LogP contribution is 2.44. The number of hydrogen-bond donors (Lipinski definition) is 0. The van der Waals surface area contributed by atoms with Crippen LogP contribution in [0, 0.1) is 5.92 Å². The van der Waals surface area contributed by atoms with Gasteiger partial charge >= 0.3 is 0 Å². The molecule has 2 aromatic carbocycles. The molecular formula is C22H25NOS. The normalized spacial score (nSPS) is 26.3. The van der Waals surface area contributed by atoms with Gasteiger partial charge in [0, 0.05) is 28.3 Å². The Bertz CT molecular complexity index is 702. The topological polar surface area (TPSA) is 12.5 Å². The minimum Gasteiger partial charge on any atom is -0.289 e. The van der Waals surface area contributed by atoms with Crippen molar-refractivity contribution in [2.75, 3.05) is 0 Å². The lowest BCUT2D eigenvalue weighted by Gasteiger charge is -2.29. The molecule has 25 heavy (non-hydrogen) atoms. The molecule has 2 fully saturated rings. The van der Waals surface area contributed by atoms with E-state index in [0.717, 1.165) is 11.4 Å². The van der Waals surface area contributed by atoms with Crippen molar-refractivity contribution in [3.8, 4) is 0 Å². The summed E-state index contributed by atoms with van der Waals surface area (Å²) in [6.07, 6.45) is 5.22. The van der Waals surface area contributed by atoms with Crippen molar-refractivity contribution in [3.63, 3.8) is 0 Å². The Labute approximate surface area is 154 Å². The van der Waals surface area contributed by atoms with Gasteiger partial charge in [0.1, 0.15) is 6.10 Å². The number of hydrogen-bond acceptors (Lipinski definition) is 3. The van der Waals surface area contributed by atoms with E-state index in [1.54, 1.807) is 11.8 Å². The summed E-state index contributed by atoms with van der Waals surface area (Å²) in [5, 5.41) is 2.24. The lowest BCUT2D eigenvalue weighted by Crippen LogP contribution is -2.34. The maximum Gasteiger partial charge on any atom is 0.114 e. The molecule has 1 aliphatic carbocycles. The van der Waals surface area contributed by atoms with Gasteiger partial charge < -0.3 is 0 Å². The van der Waals surface area contributed by atoms with Crippen molar-refractivity contribution < 1.29 is 4.84 Å². The predicted molar refractivity (Wildman–Crippen MR) is 104 cm³/mol. The van der Waals surface area contributed by atoms with Crippen molar-refractivity contribution in [3.05, 3.63) is 77.7 Å². The summed E-state index contributed by atoms with van der Waals surface area (Å²) >= 11 is 1.76. The van der Waals surface area contributed by atoms with Gasteiger partial charge in [-0.05, 0) is 30.5 Å². The monoisotopic (exact) mass is 351 g/mol. The molecule has 1 heterocycles. The van der Waals surface area contributed by atoms with Crippen LogP contribution in [0.3, 0.4) is 0 Å². The Balaban J connectivity index is 1.49. The number of fused-ring (bicyclic) bond motifs is 1. The quantitative estimate of drug-likeness (QED) is 0.644. The van der Waals surface area contributed by atoms with Gasteiger partial charge in [0.25, 0.3) is 0 Å². The standard InChI is InChI=1S/C22H25NOS/c1-17(25-19-12-6-3-7-13-19)22-20-14-8-9-15-21(20)23(24-22)16-18-10-4-2-5-11-18/h2-7,10-13,20-22H,1,8-9,14-16H2/t20-,21+,22+/m0/s1. The summed E-state index contributed by atoms with van der Waals surface area (Å²) in [5.74, 6) is 0.571. The molecule has 0 spiro atoms. The highest BCUT2D eigenvalue weighted by Gasteiger charge is 2.45. The second-order valence-corrected chi connectivity index (χ2v) is 8.18. The summed E-state index contributed by atoms with van der Waals surface area (Å²) in [6.45, 7) is 5.24. The molecule has 0 amide bonds. The highest BCUT2D eigenvalue weighted by molar-refractivity contribution is 8.03. The third-order valence-corrected chi connectivity index (χ3v) is 6.28. The molecule has 3 heteroatoms. The Morgan fingerprint density at radius 1 is 1.00 bits per heavy atom. The highest BCUT2D eigenvalue weighted by atomic mass is 32.2. The number of thioether (sulfide) groups is 1. The summed E-state index contributed by atoms with van der Waals surface area (Å²) < 4.78 is 0. The van der Waals surface area contributed by atoms with Gasteiger partial charge in [-0.1, -0.05) is 79.7 Å². The van der Waals surface area contributed by atoms with E-state index in [2.05, 4.69) is 72.3 Å². The fourth-order valence-electron chi connectivity index (χ4n) is 4.07. The Kier molecular flexibility index (Phi) is 5.25. The molecule has 1 saturated carbocycles. The summed E-state index contributed by atoms with van der Waals surface area (Å²) in [7, 11) is 0. The molecule has 1 aliphatic heterocycles. The third-order valence-electron chi connectivity index (χ3n) is 5.28. The van der Waals surface area contributed by atoms with Crippen molar-refractivity contribution in [1.29, 1.82) is 0 Å². The van der Waals surface area contributed by atoms with Gasteiger partial charge in [0.15, 0.2) is 0 Å². The smallest absolute Gasteiger partial charge is 0.114 e. The molecule has 0 radical (unpaired) electrons. The van der Waals surface area contributed by atoms with Gasteiger partial charge in [0.2, 0.25) is 0 Å². The first-order chi connectivity index (χ1) is 12.3. The van der Waals surface area contributed by atoms with Crippen LogP contribution in [0.4, 0.5) is 0 Å². The van der Waals surface area contributed by atoms with Crippen molar-refractivity contribution >= 4 is 11.8 Å². The van der Waals surface area contributed by atoms with Crippen LogP contribution < -0.4 is 0 Å².